The molecule has 1 unspecified atom stereocenters. The van der Waals surface area contributed by atoms with Gasteiger partial charge in [0.1, 0.15) is 11.5 Å². The monoisotopic (exact) mass is 577 g/mol. The lowest BCUT2D eigenvalue weighted by Gasteiger charge is -2.17. The maximum Gasteiger partial charge on any atom is 0.433 e. The summed E-state index contributed by atoms with van der Waals surface area (Å²) < 4.78 is 118. The molecule has 0 aliphatic heterocycles. The molecule has 210 valence electrons. The van der Waals surface area contributed by atoms with E-state index in [1.165, 1.54) is 25.1 Å². The maximum absolute atomic E-state index is 14.4. The van der Waals surface area contributed by atoms with E-state index in [2.05, 4.69) is 15.0 Å². The first-order chi connectivity index (χ1) is 18.0. The molecule has 3 rings (SSSR count). The number of benzene rings is 2. The SMILES string of the molecule is CC(C(=O)NCc1ccc(C(F)(F)F)nc1-c1cccc(C(F)(F)F)c1)c1ccc(CNS(C)(=O)=O)c(F)c1. The predicted molar refractivity (Wildman–Crippen MR) is 128 cm³/mol. The van der Waals surface area contributed by atoms with Gasteiger partial charge in [0, 0.05) is 24.2 Å². The second-order valence-electron chi connectivity index (χ2n) is 8.66. The Balaban J connectivity index is 1.84. The predicted octanol–water partition coefficient (Wildman–Crippen LogP) is 5.39. The van der Waals surface area contributed by atoms with Crippen LogP contribution < -0.4 is 10.0 Å². The zero-order valence-electron chi connectivity index (χ0n) is 20.4. The molecule has 14 heteroatoms. The third-order valence-corrected chi connectivity index (χ3v) is 6.35. The second-order valence-corrected chi connectivity index (χ2v) is 10.5. The molecule has 0 radical (unpaired) electrons. The van der Waals surface area contributed by atoms with Crippen molar-refractivity contribution in [2.24, 2.45) is 0 Å². The molecule has 0 aliphatic carbocycles. The van der Waals surface area contributed by atoms with Gasteiger partial charge in [-0.1, -0.05) is 30.3 Å². The summed E-state index contributed by atoms with van der Waals surface area (Å²) >= 11 is 0. The number of nitrogens with zero attached hydrogens (tertiary/aromatic N) is 1. The molecule has 1 heterocycles. The molecule has 6 nitrogen and oxygen atoms in total. The number of alkyl halides is 6. The molecule has 0 fully saturated rings. The molecule has 0 aliphatic rings. The topological polar surface area (TPSA) is 88.2 Å². The van der Waals surface area contributed by atoms with E-state index < -0.39 is 57.0 Å². The largest absolute Gasteiger partial charge is 0.433 e. The van der Waals surface area contributed by atoms with Crippen molar-refractivity contribution in [3.05, 3.63) is 88.4 Å². The van der Waals surface area contributed by atoms with Crippen LogP contribution in [-0.4, -0.2) is 25.6 Å². The van der Waals surface area contributed by atoms with Gasteiger partial charge >= 0.3 is 12.4 Å². The third-order valence-electron chi connectivity index (χ3n) is 5.68. The van der Waals surface area contributed by atoms with Crippen LogP contribution >= 0.6 is 0 Å². The number of hydrogen-bond donors (Lipinski definition) is 2. The molecule has 0 saturated carbocycles. The molecular formula is C25H22F7N3O3S. The van der Waals surface area contributed by atoms with Crippen LogP contribution in [0.1, 0.15) is 40.8 Å². The second kappa shape index (κ2) is 11.3. The van der Waals surface area contributed by atoms with Crippen LogP contribution in [0.25, 0.3) is 11.3 Å². The van der Waals surface area contributed by atoms with Crippen molar-refractivity contribution < 1.29 is 43.9 Å². The van der Waals surface area contributed by atoms with Crippen LogP contribution in [0.5, 0.6) is 0 Å². The zero-order valence-corrected chi connectivity index (χ0v) is 21.2. The highest BCUT2D eigenvalue weighted by atomic mass is 32.2. The molecule has 1 amide bonds. The summed E-state index contributed by atoms with van der Waals surface area (Å²) in [5.74, 6) is -2.34. The number of aromatic nitrogens is 1. The maximum atomic E-state index is 14.4. The normalized spacial score (nSPS) is 13.3. The number of rotatable bonds is 8. The van der Waals surface area contributed by atoms with Gasteiger partial charge in [-0.3, -0.25) is 4.79 Å². The fraction of sp³-hybridized carbons (Fsp3) is 0.280. The van der Waals surface area contributed by atoms with Gasteiger partial charge in [-0.25, -0.2) is 22.5 Å². The number of carbonyl (C=O) groups is 1. The summed E-state index contributed by atoms with van der Waals surface area (Å²) in [5, 5.41) is 2.49. The first-order valence-corrected chi connectivity index (χ1v) is 13.1. The van der Waals surface area contributed by atoms with Crippen LogP contribution in [-0.2, 0) is 40.3 Å². The van der Waals surface area contributed by atoms with E-state index in [0.29, 0.717) is 12.1 Å². The highest BCUT2D eigenvalue weighted by molar-refractivity contribution is 7.88. The number of carbonyl (C=O) groups excluding carboxylic acids is 1. The van der Waals surface area contributed by atoms with Crippen molar-refractivity contribution in [3.8, 4) is 11.3 Å². The van der Waals surface area contributed by atoms with E-state index >= 15 is 0 Å². The minimum atomic E-state index is -4.86. The Morgan fingerprint density at radius 3 is 2.18 bits per heavy atom. The number of pyridine rings is 1. The highest BCUT2D eigenvalue weighted by Crippen LogP contribution is 2.35. The lowest BCUT2D eigenvalue weighted by atomic mass is 9.98. The van der Waals surface area contributed by atoms with E-state index in [-0.39, 0.29) is 35.3 Å². The number of sulfonamides is 1. The van der Waals surface area contributed by atoms with Gasteiger partial charge in [0.25, 0.3) is 0 Å². The Kier molecular flexibility index (Phi) is 8.70. The van der Waals surface area contributed by atoms with Crippen LogP contribution in [0.3, 0.4) is 0 Å². The Morgan fingerprint density at radius 2 is 1.59 bits per heavy atom. The van der Waals surface area contributed by atoms with Crippen LogP contribution in [0.15, 0.2) is 54.6 Å². The van der Waals surface area contributed by atoms with E-state index in [1.54, 1.807) is 0 Å². The van der Waals surface area contributed by atoms with Gasteiger partial charge < -0.3 is 5.32 Å². The molecular weight excluding hydrogens is 555 g/mol. The molecule has 0 bridgehead atoms. The first-order valence-electron chi connectivity index (χ1n) is 11.2. The summed E-state index contributed by atoms with van der Waals surface area (Å²) in [6.07, 6.45) is -8.69. The zero-order chi connectivity index (χ0) is 29.2. The Bertz CT molecular complexity index is 1470. The third kappa shape index (κ3) is 7.99. The molecule has 0 spiro atoms. The fourth-order valence-corrected chi connectivity index (χ4v) is 3.97. The van der Waals surface area contributed by atoms with Crippen molar-refractivity contribution in [2.75, 3.05) is 6.26 Å². The number of amides is 1. The molecule has 2 aromatic carbocycles. The molecule has 2 N–H and O–H groups in total. The number of nitrogens with one attached hydrogen (secondary N) is 2. The summed E-state index contributed by atoms with van der Waals surface area (Å²) in [7, 11) is -3.56. The van der Waals surface area contributed by atoms with Gasteiger partial charge in [0.05, 0.1) is 23.4 Å². The minimum absolute atomic E-state index is 0.0243. The van der Waals surface area contributed by atoms with Crippen molar-refractivity contribution in [2.45, 2.75) is 38.3 Å². The first kappa shape index (κ1) is 30.0. The van der Waals surface area contributed by atoms with Gasteiger partial charge in [-0.05, 0) is 42.3 Å². The molecule has 3 aromatic rings. The summed E-state index contributed by atoms with van der Waals surface area (Å²) in [5.41, 5.74) is -2.73. The van der Waals surface area contributed by atoms with Crippen LogP contribution in [0.4, 0.5) is 30.7 Å². The number of hydrogen-bond acceptors (Lipinski definition) is 4. The quantitative estimate of drug-likeness (QED) is 0.352. The fourth-order valence-electron chi connectivity index (χ4n) is 3.55. The molecule has 1 atom stereocenters. The average Bonchev–Trinajstić information content (AvgIpc) is 2.84. The summed E-state index contributed by atoms with van der Waals surface area (Å²) in [4.78, 5) is 16.3. The van der Waals surface area contributed by atoms with E-state index in [0.717, 1.165) is 30.5 Å². The van der Waals surface area contributed by atoms with Gasteiger partial charge in [0.15, 0.2) is 0 Å². The molecule has 0 saturated heterocycles. The Hall–Kier alpha value is -3.52. The van der Waals surface area contributed by atoms with Crippen LogP contribution in [0, 0.1) is 5.82 Å². The van der Waals surface area contributed by atoms with Crippen molar-refractivity contribution in [3.63, 3.8) is 0 Å². The Labute approximate surface area is 219 Å². The Morgan fingerprint density at radius 1 is 0.923 bits per heavy atom. The number of halogens is 7. The lowest BCUT2D eigenvalue weighted by Crippen LogP contribution is -2.28. The molecule has 39 heavy (non-hydrogen) atoms. The van der Waals surface area contributed by atoms with Crippen molar-refractivity contribution in [1.82, 2.24) is 15.0 Å². The summed E-state index contributed by atoms with van der Waals surface area (Å²) in [6.45, 7) is 0.765. The smallest absolute Gasteiger partial charge is 0.351 e. The molecule has 1 aromatic heterocycles. The van der Waals surface area contributed by atoms with Gasteiger partial charge in [-0.2, -0.15) is 26.3 Å². The minimum Gasteiger partial charge on any atom is -0.351 e. The van der Waals surface area contributed by atoms with Crippen molar-refractivity contribution >= 4 is 15.9 Å². The average molecular weight is 578 g/mol. The summed E-state index contributed by atoms with van der Waals surface area (Å²) in [6, 6.07) is 9.08. The van der Waals surface area contributed by atoms with E-state index in [9.17, 15) is 43.9 Å². The highest BCUT2D eigenvalue weighted by Gasteiger charge is 2.34. The van der Waals surface area contributed by atoms with Crippen molar-refractivity contribution in [1.29, 1.82) is 0 Å². The van der Waals surface area contributed by atoms with Gasteiger partial charge in [-0.15, -0.1) is 0 Å². The van der Waals surface area contributed by atoms with Gasteiger partial charge in [0.2, 0.25) is 15.9 Å². The van der Waals surface area contributed by atoms with E-state index in [1.807, 2.05) is 0 Å². The van der Waals surface area contributed by atoms with E-state index in [4.69, 9.17) is 0 Å². The lowest BCUT2D eigenvalue weighted by molar-refractivity contribution is -0.141. The van der Waals surface area contributed by atoms with Crippen LogP contribution in [0.2, 0.25) is 0 Å². The standard InChI is InChI=1S/C25H22F7N3O3S/c1-14(15-6-7-17(20(26)11-15)13-34-39(2,37)38)23(36)33-12-18-8-9-21(25(30,31)32)35-22(18)16-4-3-5-19(10-16)24(27,28)29/h3-11,14,34H,12-13H2,1-2H3,(H,33,36).